The number of carbonyl (C=O) groups excluding carboxylic acids is 1. The van der Waals surface area contributed by atoms with Gasteiger partial charge in [-0.1, -0.05) is 12.1 Å². The van der Waals surface area contributed by atoms with Crippen LogP contribution in [0.2, 0.25) is 0 Å². The zero-order chi connectivity index (χ0) is 11.5. The van der Waals surface area contributed by atoms with Crippen LogP contribution in [0.1, 0.15) is 10.9 Å². The maximum absolute atomic E-state index is 11.2. The summed E-state index contributed by atoms with van der Waals surface area (Å²) < 4.78 is 10.5. The van der Waals surface area contributed by atoms with Gasteiger partial charge in [0.1, 0.15) is 5.37 Å². The molecule has 1 atom stereocenters. The molecule has 0 bridgehead atoms. The van der Waals surface area contributed by atoms with Crippen molar-refractivity contribution in [2.24, 2.45) is 0 Å². The van der Waals surface area contributed by atoms with Crippen LogP contribution >= 0.6 is 11.8 Å². The van der Waals surface area contributed by atoms with Crippen LogP contribution in [0.3, 0.4) is 0 Å². The van der Waals surface area contributed by atoms with E-state index in [1.54, 1.807) is 26.0 Å². The largest absolute Gasteiger partial charge is 0.493 e. The summed E-state index contributed by atoms with van der Waals surface area (Å²) in [5.41, 5.74) is 0.942. The number of hydrogen-bond acceptors (Lipinski definition) is 4. The second kappa shape index (κ2) is 4.65. The highest BCUT2D eigenvalue weighted by atomic mass is 32.2. The fourth-order valence-electron chi connectivity index (χ4n) is 1.67. The third-order valence-electron chi connectivity index (χ3n) is 2.39. The Morgan fingerprint density at radius 3 is 2.75 bits per heavy atom. The normalized spacial score (nSPS) is 19.4. The first-order valence-electron chi connectivity index (χ1n) is 4.88. The Hall–Kier alpha value is -1.36. The van der Waals surface area contributed by atoms with Gasteiger partial charge in [-0.2, -0.15) is 0 Å². The van der Waals surface area contributed by atoms with Gasteiger partial charge < -0.3 is 14.8 Å². The zero-order valence-electron chi connectivity index (χ0n) is 9.15. The van der Waals surface area contributed by atoms with Gasteiger partial charge in [-0.05, 0) is 6.07 Å². The minimum absolute atomic E-state index is 0.0439. The fourth-order valence-corrected chi connectivity index (χ4v) is 2.66. The fraction of sp³-hybridized carbons (Fsp3) is 0.364. The summed E-state index contributed by atoms with van der Waals surface area (Å²) in [5, 5.41) is 2.84. The van der Waals surface area contributed by atoms with Gasteiger partial charge in [0.05, 0.1) is 20.0 Å². The van der Waals surface area contributed by atoms with Crippen molar-refractivity contribution in [3.05, 3.63) is 23.8 Å². The molecular weight excluding hydrogens is 226 g/mol. The minimum Gasteiger partial charge on any atom is -0.493 e. The Balaban J connectivity index is 2.36. The molecule has 4 nitrogen and oxygen atoms in total. The Morgan fingerprint density at radius 2 is 2.19 bits per heavy atom. The van der Waals surface area contributed by atoms with Crippen LogP contribution in [0, 0.1) is 0 Å². The van der Waals surface area contributed by atoms with Crippen molar-refractivity contribution < 1.29 is 14.3 Å². The Labute approximate surface area is 98.3 Å². The monoisotopic (exact) mass is 239 g/mol. The van der Waals surface area contributed by atoms with Crippen molar-refractivity contribution in [1.82, 2.24) is 5.32 Å². The quantitative estimate of drug-likeness (QED) is 0.869. The summed E-state index contributed by atoms with van der Waals surface area (Å²) in [6.07, 6.45) is 0. The van der Waals surface area contributed by atoms with E-state index in [1.807, 2.05) is 18.2 Å². The van der Waals surface area contributed by atoms with Crippen molar-refractivity contribution in [3.8, 4) is 11.5 Å². The molecule has 1 aromatic rings. The summed E-state index contributed by atoms with van der Waals surface area (Å²) in [5.74, 6) is 1.91. The second-order valence-electron chi connectivity index (χ2n) is 3.34. The number of hydrogen-bond donors (Lipinski definition) is 1. The van der Waals surface area contributed by atoms with E-state index in [1.165, 1.54) is 0 Å². The van der Waals surface area contributed by atoms with E-state index in [4.69, 9.17) is 9.47 Å². The summed E-state index contributed by atoms with van der Waals surface area (Å²) in [6.45, 7) is 0. The van der Waals surface area contributed by atoms with Gasteiger partial charge in [0.25, 0.3) is 0 Å². The van der Waals surface area contributed by atoms with E-state index in [0.29, 0.717) is 17.3 Å². The van der Waals surface area contributed by atoms with Crippen LogP contribution in [0.4, 0.5) is 0 Å². The second-order valence-corrected chi connectivity index (χ2v) is 4.43. The van der Waals surface area contributed by atoms with Crippen LogP contribution in [0.15, 0.2) is 18.2 Å². The molecule has 0 radical (unpaired) electrons. The molecule has 0 aromatic heterocycles. The van der Waals surface area contributed by atoms with Crippen LogP contribution in [0.25, 0.3) is 0 Å². The number of carbonyl (C=O) groups is 1. The van der Waals surface area contributed by atoms with E-state index >= 15 is 0 Å². The van der Waals surface area contributed by atoms with Crippen LogP contribution < -0.4 is 14.8 Å². The van der Waals surface area contributed by atoms with Crippen molar-refractivity contribution in [2.45, 2.75) is 5.37 Å². The summed E-state index contributed by atoms with van der Waals surface area (Å²) in [6, 6.07) is 5.66. The Bertz CT molecular complexity index is 408. The number of benzene rings is 1. The van der Waals surface area contributed by atoms with Crippen LogP contribution in [0.5, 0.6) is 11.5 Å². The van der Waals surface area contributed by atoms with Crippen LogP contribution in [-0.2, 0) is 4.79 Å². The lowest BCUT2D eigenvalue weighted by Gasteiger charge is -2.16. The van der Waals surface area contributed by atoms with Gasteiger partial charge in [-0.15, -0.1) is 11.8 Å². The molecule has 0 aliphatic carbocycles. The molecule has 1 heterocycles. The van der Waals surface area contributed by atoms with E-state index in [9.17, 15) is 4.79 Å². The average molecular weight is 239 g/mol. The van der Waals surface area contributed by atoms with Gasteiger partial charge in [0.15, 0.2) is 11.5 Å². The number of nitrogens with one attached hydrogen (secondary N) is 1. The highest BCUT2D eigenvalue weighted by Gasteiger charge is 2.26. The van der Waals surface area contributed by atoms with Crippen molar-refractivity contribution in [1.29, 1.82) is 0 Å². The van der Waals surface area contributed by atoms with Crippen molar-refractivity contribution in [2.75, 3.05) is 20.0 Å². The molecule has 1 unspecified atom stereocenters. The van der Waals surface area contributed by atoms with Gasteiger partial charge in [-0.25, -0.2) is 0 Å². The first-order chi connectivity index (χ1) is 7.76. The lowest BCUT2D eigenvalue weighted by Crippen LogP contribution is -2.19. The molecule has 1 aromatic carbocycles. The molecule has 1 fully saturated rings. The first-order valence-corrected chi connectivity index (χ1v) is 5.93. The van der Waals surface area contributed by atoms with E-state index < -0.39 is 0 Å². The topological polar surface area (TPSA) is 47.6 Å². The molecule has 1 aliphatic rings. The zero-order valence-corrected chi connectivity index (χ0v) is 9.97. The Morgan fingerprint density at radius 1 is 1.38 bits per heavy atom. The third-order valence-corrected chi connectivity index (χ3v) is 3.52. The molecular formula is C11H13NO3S. The lowest BCUT2D eigenvalue weighted by atomic mass is 10.2. The smallest absolute Gasteiger partial charge is 0.231 e. The number of para-hydroxylation sites is 1. The molecule has 5 heteroatoms. The van der Waals surface area contributed by atoms with Gasteiger partial charge in [-0.3, -0.25) is 4.79 Å². The van der Waals surface area contributed by atoms with E-state index in [0.717, 1.165) is 5.56 Å². The number of ether oxygens (including phenoxy) is 2. The number of methoxy groups -OCH3 is 2. The molecule has 86 valence electrons. The molecule has 16 heavy (non-hydrogen) atoms. The van der Waals surface area contributed by atoms with E-state index in [2.05, 4.69) is 5.32 Å². The summed E-state index contributed by atoms with van der Waals surface area (Å²) >= 11 is 1.56. The summed E-state index contributed by atoms with van der Waals surface area (Å²) in [4.78, 5) is 11.2. The minimum atomic E-state index is -0.0439. The van der Waals surface area contributed by atoms with Crippen LogP contribution in [-0.4, -0.2) is 25.9 Å². The van der Waals surface area contributed by atoms with Gasteiger partial charge >= 0.3 is 0 Å². The predicted molar refractivity (Wildman–Crippen MR) is 62.9 cm³/mol. The maximum Gasteiger partial charge on any atom is 0.231 e. The first kappa shape index (κ1) is 11.1. The number of rotatable bonds is 3. The average Bonchev–Trinajstić information content (AvgIpc) is 2.74. The molecule has 1 saturated heterocycles. The molecule has 0 saturated carbocycles. The molecule has 1 amide bonds. The highest BCUT2D eigenvalue weighted by Crippen LogP contribution is 2.40. The third kappa shape index (κ3) is 1.95. The van der Waals surface area contributed by atoms with Crippen molar-refractivity contribution >= 4 is 17.7 Å². The SMILES string of the molecule is COc1cccc(C2NC(=O)CS2)c1OC. The molecule has 0 spiro atoms. The molecule has 1 aliphatic heterocycles. The predicted octanol–water partition coefficient (Wildman–Crippen LogP) is 1.57. The van der Waals surface area contributed by atoms with Gasteiger partial charge in [0.2, 0.25) is 5.91 Å². The number of thioether (sulfide) groups is 1. The van der Waals surface area contributed by atoms with E-state index in [-0.39, 0.29) is 11.3 Å². The Kier molecular flexibility index (Phi) is 3.24. The number of amides is 1. The highest BCUT2D eigenvalue weighted by molar-refractivity contribution is 8.00. The maximum atomic E-state index is 11.2. The standard InChI is InChI=1S/C11H13NO3S/c1-14-8-5-3-4-7(10(8)15-2)11-12-9(13)6-16-11/h3-5,11H,6H2,1-2H3,(H,12,13). The van der Waals surface area contributed by atoms with Crippen molar-refractivity contribution in [3.63, 3.8) is 0 Å². The molecule has 1 N–H and O–H groups in total. The summed E-state index contributed by atoms with van der Waals surface area (Å²) in [7, 11) is 3.20. The molecule has 2 rings (SSSR count). The lowest BCUT2D eigenvalue weighted by molar-refractivity contribution is -0.118. The van der Waals surface area contributed by atoms with Gasteiger partial charge in [0, 0.05) is 5.56 Å².